The van der Waals surface area contributed by atoms with Gasteiger partial charge < -0.3 is 14.9 Å². The average Bonchev–Trinajstić information content (AvgIpc) is 2.65. The summed E-state index contributed by atoms with van der Waals surface area (Å²) in [5, 5.41) is 10.1. The SMILES string of the molecule is CC(C)C[C@@H](O)C(=O)N1CCC2(CCC(=O)N(Cc3ccncc3)C2)CC1. The number of aliphatic hydroxyl groups is 1. The third-order valence-corrected chi connectivity index (χ3v) is 5.99. The second kappa shape index (κ2) is 8.38. The zero-order valence-electron chi connectivity index (χ0n) is 16.4. The maximum absolute atomic E-state index is 12.5. The Hall–Kier alpha value is -1.95. The van der Waals surface area contributed by atoms with Crippen LogP contribution >= 0.6 is 0 Å². The predicted molar refractivity (Wildman–Crippen MR) is 103 cm³/mol. The molecule has 3 rings (SSSR count). The molecule has 1 aromatic rings. The maximum atomic E-state index is 12.5. The number of rotatable bonds is 5. The molecule has 0 aliphatic carbocycles. The lowest BCUT2D eigenvalue weighted by Crippen LogP contribution is -2.53. The van der Waals surface area contributed by atoms with Gasteiger partial charge in [0.1, 0.15) is 6.10 Å². The average molecular weight is 373 g/mol. The Balaban J connectivity index is 1.58. The standard InChI is InChI=1S/C21H31N3O3/c1-16(2)13-18(25)20(27)23-11-7-21(8-12-23)6-3-19(26)24(15-21)14-17-4-9-22-10-5-17/h4-5,9-10,16,18,25H,3,6-8,11-15H2,1-2H3/t18-/m1/s1. The fourth-order valence-corrected chi connectivity index (χ4v) is 4.32. The molecular weight excluding hydrogens is 342 g/mol. The Bertz CT molecular complexity index is 654. The van der Waals surface area contributed by atoms with Crippen LogP contribution in [0.2, 0.25) is 0 Å². The number of nitrogens with zero attached hydrogens (tertiary/aromatic N) is 3. The van der Waals surface area contributed by atoms with E-state index >= 15 is 0 Å². The molecule has 6 nitrogen and oxygen atoms in total. The van der Waals surface area contributed by atoms with Crippen molar-refractivity contribution in [3.05, 3.63) is 30.1 Å². The van der Waals surface area contributed by atoms with Crippen LogP contribution in [-0.4, -0.2) is 57.4 Å². The first kappa shape index (κ1) is 19.8. The van der Waals surface area contributed by atoms with Gasteiger partial charge in [-0.3, -0.25) is 14.6 Å². The van der Waals surface area contributed by atoms with E-state index in [1.807, 2.05) is 35.8 Å². The molecule has 0 aromatic carbocycles. The fraction of sp³-hybridized carbons (Fsp3) is 0.667. The number of likely N-dealkylation sites (tertiary alicyclic amines) is 2. The predicted octanol–water partition coefficient (Wildman–Crippen LogP) is 2.22. The zero-order chi connectivity index (χ0) is 19.4. The topological polar surface area (TPSA) is 73.7 Å². The number of aromatic nitrogens is 1. The summed E-state index contributed by atoms with van der Waals surface area (Å²) in [5.41, 5.74) is 1.19. The highest BCUT2D eigenvalue weighted by Crippen LogP contribution is 2.40. The van der Waals surface area contributed by atoms with Gasteiger partial charge in [0.25, 0.3) is 5.91 Å². The molecule has 2 saturated heterocycles. The van der Waals surface area contributed by atoms with E-state index in [0.717, 1.165) is 31.4 Å². The van der Waals surface area contributed by atoms with Crippen LogP contribution in [0.1, 0.15) is 51.5 Å². The summed E-state index contributed by atoms with van der Waals surface area (Å²) in [6.45, 7) is 6.75. The van der Waals surface area contributed by atoms with Gasteiger partial charge in [-0.05, 0) is 54.7 Å². The lowest BCUT2D eigenvalue weighted by molar-refractivity contribution is -0.147. The number of pyridine rings is 1. The smallest absolute Gasteiger partial charge is 0.251 e. The first-order valence-electron chi connectivity index (χ1n) is 10.0. The Morgan fingerprint density at radius 1 is 1.22 bits per heavy atom. The summed E-state index contributed by atoms with van der Waals surface area (Å²) in [6.07, 6.45) is 6.40. The molecule has 6 heteroatoms. The summed E-state index contributed by atoms with van der Waals surface area (Å²) in [4.78, 5) is 32.7. The molecule has 27 heavy (non-hydrogen) atoms. The summed E-state index contributed by atoms with van der Waals surface area (Å²) in [5.74, 6) is 0.369. The van der Waals surface area contributed by atoms with E-state index in [4.69, 9.17) is 0 Å². The summed E-state index contributed by atoms with van der Waals surface area (Å²) >= 11 is 0. The van der Waals surface area contributed by atoms with Crippen LogP contribution in [0.3, 0.4) is 0 Å². The minimum absolute atomic E-state index is 0.0979. The molecule has 0 radical (unpaired) electrons. The van der Waals surface area contributed by atoms with Crippen LogP contribution in [-0.2, 0) is 16.1 Å². The third kappa shape index (κ3) is 4.86. The second-order valence-electron chi connectivity index (χ2n) is 8.58. The molecule has 0 bridgehead atoms. The van der Waals surface area contributed by atoms with Crippen molar-refractivity contribution in [1.29, 1.82) is 0 Å². The molecule has 2 aliphatic heterocycles. The minimum Gasteiger partial charge on any atom is -0.383 e. The zero-order valence-corrected chi connectivity index (χ0v) is 16.4. The minimum atomic E-state index is -0.893. The molecule has 2 fully saturated rings. The van der Waals surface area contributed by atoms with E-state index in [1.165, 1.54) is 0 Å². The first-order chi connectivity index (χ1) is 12.9. The van der Waals surface area contributed by atoms with Crippen molar-refractivity contribution in [3.63, 3.8) is 0 Å². The fourth-order valence-electron chi connectivity index (χ4n) is 4.32. The van der Waals surface area contributed by atoms with Gasteiger partial charge in [-0.1, -0.05) is 13.8 Å². The van der Waals surface area contributed by atoms with Crippen molar-refractivity contribution in [3.8, 4) is 0 Å². The highest BCUT2D eigenvalue weighted by atomic mass is 16.3. The van der Waals surface area contributed by atoms with Crippen LogP contribution in [0.4, 0.5) is 0 Å². The van der Waals surface area contributed by atoms with Gasteiger partial charge in [0.15, 0.2) is 0 Å². The van der Waals surface area contributed by atoms with E-state index in [2.05, 4.69) is 4.98 Å². The summed E-state index contributed by atoms with van der Waals surface area (Å²) in [6, 6.07) is 3.90. The molecule has 1 spiro atoms. The van der Waals surface area contributed by atoms with Gasteiger partial charge in [-0.2, -0.15) is 0 Å². The Kier molecular flexibility index (Phi) is 6.15. The molecule has 2 aliphatic rings. The van der Waals surface area contributed by atoms with Crippen LogP contribution in [0.15, 0.2) is 24.5 Å². The molecule has 1 N–H and O–H groups in total. The first-order valence-corrected chi connectivity index (χ1v) is 10.0. The van der Waals surface area contributed by atoms with E-state index in [1.54, 1.807) is 12.4 Å². The number of amides is 2. The molecule has 2 amide bonds. The molecular formula is C21H31N3O3. The van der Waals surface area contributed by atoms with Gasteiger partial charge in [0.05, 0.1) is 0 Å². The number of carbonyl (C=O) groups excluding carboxylic acids is 2. The number of hydrogen-bond acceptors (Lipinski definition) is 4. The molecule has 1 atom stereocenters. The van der Waals surface area contributed by atoms with Crippen molar-refractivity contribution in [1.82, 2.24) is 14.8 Å². The largest absolute Gasteiger partial charge is 0.383 e. The van der Waals surface area contributed by atoms with Crippen LogP contribution in [0.5, 0.6) is 0 Å². The van der Waals surface area contributed by atoms with Gasteiger partial charge in [0, 0.05) is 45.0 Å². The van der Waals surface area contributed by atoms with Crippen LogP contribution in [0.25, 0.3) is 0 Å². The van der Waals surface area contributed by atoms with Crippen molar-refractivity contribution < 1.29 is 14.7 Å². The molecule has 0 saturated carbocycles. The lowest BCUT2D eigenvalue weighted by Gasteiger charge is -2.47. The van der Waals surface area contributed by atoms with Gasteiger partial charge in [-0.25, -0.2) is 0 Å². The molecule has 3 heterocycles. The number of piperidine rings is 2. The molecule has 148 valence electrons. The lowest BCUT2D eigenvalue weighted by atomic mass is 9.72. The van der Waals surface area contributed by atoms with Crippen LogP contribution < -0.4 is 0 Å². The van der Waals surface area contributed by atoms with Gasteiger partial charge in [0.2, 0.25) is 5.91 Å². The monoisotopic (exact) mass is 373 g/mol. The van der Waals surface area contributed by atoms with Gasteiger partial charge in [-0.15, -0.1) is 0 Å². The quantitative estimate of drug-likeness (QED) is 0.859. The number of hydrogen-bond donors (Lipinski definition) is 1. The van der Waals surface area contributed by atoms with Crippen molar-refractivity contribution in [2.45, 2.75) is 58.6 Å². The van der Waals surface area contributed by atoms with Crippen molar-refractivity contribution >= 4 is 11.8 Å². The summed E-state index contributed by atoms with van der Waals surface area (Å²) < 4.78 is 0. The molecule has 0 unspecified atom stereocenters. The number of aliphatic hydroxyl groups excluding tert-OH is 1. The van der Waals surface area contributed by atoms with Crippen molar-refractivity contribution in [2.75, 3.05) is 19.6 Å². The highest BCUT2D eigenvalue weighted by molar-refractivity contribution is 5.81. The third-order valence-electron chi connectivity index (χ3n) is 5.99. The van der Waals surface area contributed by atoms with E-state index in [-0.39, 0.29) is 17.2 Å². The number of carbonyl (C=O) groups is 2. The summed E-state index contributed by atoms with van der Waals surface area (Å²) in [7, 11) is 0. The van der Waals surface area contributed by atoms with Crippen molar-refractivity contribution in [2.24, 2.45) is 11.3 Å². The van der Waals surface area contributed by atoms with E-state index in [9.17, 15) is 14.7 Å². The Morgan fingerprint density at radius 3 is 2.52 bits per heavy atom. The van der Waals surface area contributed by atoms with E-state index < -0.39 is 6.10 Å². The Labute approximate surface area is 161 Å². The normalized spacial score (nSPS) is 21.0. The van der Waals surface area contributed by atoms with E-state index in [0.29, 0.717) is 38.4 Å². The van der Waals surface area contributed by atoms with Crippen LogP contribution in [0, 0.1) is 11.3 Å². The highest BCUT2D eigenvalue weighted by Gasteiger charge is 2.42. The second-order valence-corrected chi connectivity index (χ2v) is 8.58. The maximum Gasteiger partial charge on any atom is 0.251 e. The van der Waals surface area contributed by atoms with Gasteiger partial charge >= 0.3 is 0 Å². The molecule has 1 aromatic heterocycles. The Morgan fingerprint density at radius 2 is 1.89 bits per heavy atom.